The molecule has 3 atom stereocenters. The van der Waals surface area contributed by atoms with Gasteiger partial charge in [-0.05, 0) is 319 Å². The highest BCUT2D eigenvalue weighted by atomic mass is 33.1. The molecule has 0 aliphatic carbocycles. The molecular formula is C101H217F3N2O24S13. The van der Waals surface area contributed by atoms with Crippen molar-refractivity contribution in [1.82, 2.24) is 0 Å². The summed E-state index contributed by atoms with van der Waals surface area (Å²) >= 11 is 4.76. The first-order valence-electron chi connectivity index (χ1n) is 48.4. The van der Waals surface area contributed by atoms with Gasteiger partial charge in [-0.25, -0.2) is 24.7 Å². The lowest BCUT2D eigenvalue weighted by atomic mass is 10.3. The van der Waals surface area contributed by atoms with E-state index in [0.717, 1.165) is 67.1 Å². The first-order valence-corrected chi connectivity index (χ1v) is 64.0. The minimum atomic E-state index is -2.98. The van der Waals surface area contributed by atoms with Crippen molar-refractivity contribution in [2.75, 3.05) is 92.5 Å². The minimum absolute atomic E-state index is 0. The number of carbonyl (C=O) groups excluding carboxylic acids is 3. The predicted molar refractivity (Wildman–Crippen MR) is 640 cm³/mol. The van der Waals surface area contributed by atoms with Crippen molar-refractivity contribution in [3.63, 3.8) is 0 Å². The molecule has 0 saturated heterocycles. The van der Waals surface area contributed by atoms with Crippen LogP contribution in [0.5, 0.6) is 0 Å². The molecule has 1 rings (SSSR count). The van der Waals surface area contributed by atoms with Crippen molar-refractivity contribution in [2.24, 2.45) is 5.90 Å². The van der Waals surface area contributed by atoms with Crippen LogP contribution in [-0.2, 0) is 90.2 Å². The highest BCUT2D eigenvalue weighted by Crippen LogP contribution is 2.35. The molecule has 0 amide bonds. The topological polar surface area (TPSA) is 296 Å². The van der Waals surface area contributed by atoms with Gasteiger partial charge < -0.3 is 90.2 Å². The number of halogens is 3. The number of alkyl halides is 3. The van der Waals surface area contributed by atoms with Crippen LogP contribution >= 0.6 is 143 Å². The normalized spacial score (nSPS) is 11.1. The molecule has 1 aromatic rings. The van der Waals surface area contributed by atoms with Gasteiger partial charge in [0.1, 0.15) is 47.3 Å². The number of hydrogen-bond donors (Lipinski definition) is 1. The molecular weight excluding hydrogens is 2100 g/mol. The molecule has 0 aromatic heterocycles. The average molecular weight is 2320 g/mol. The maximum absolute atomic E-state index is 11.8. The van der Waals surface area contributed by atoms with Gasteiger partial charge in [-0.15, -0.1) is 28.5 Å². The Balaban J connectivity index is -0.0000000789. The lowest BCUT2D eigenvalue weighted by molar-refractivity contribution is -0.766. The molecule has 143 heavy (non-hydrogen) atoms. The number of thioether (sulfide) groups is 3. The first kappa shape index (κ1) is 181. The van der Waals surface area contributed by atoms with Crippen molar-refractivity contribution in [3.05, 3.63) is 65.8 Å². The van der Waals surface area contributed by atoms with Crippen LogP contribution in [0.1, 0.15) is 347 Å². The molecule has 0 spiro atoms. The van der Waals surface area contributed by atoms with E-state index in [4.69, 9.17) is 52.1 Å². The number of benzene rings is 1. The second-order valence-corrected chi connectivity index (χ2v) is 51.1. The second kappa shape index (κ2) is 140. The van der Waals surface area contributed by atoms with Gasteiger partial charge in [0.05, 0.1) is 117 Å². The summed E-state index contributed by atoms with van der Waals surface area (Å²) in [6.07, 6.45) is 4.84. The molecule has 0 fully saturated rings. The fourth-order valence-electron chi connectivity index (χ4n) is 6.07. The largest absolute Gasteiger partial charge is 0.508 e. The van der Waals surface area contributed by atoms with Gasteiger partial charge >= 0.3 is 23.7 Å². The summed E-state index contributed by atoms with van der Waals surface area (Å²) in [6, 6.07) is 10.3. The van der Waals surface area contributed by atoms with E-state index in [1.54, 1.807) is 170 Å². The van der Waals surface area contributed by atoms with Crippen LogP contribution < -0.4 is 5.90 Å². The molecule has 1 aromatic carbocycles. The molecule has 42 heteroatoms. The maximum Gasteiger partial charge on any atom is 0.508 e. The molecule has 3 unspecified atom stereocenters. The lowest BCUT2D eigenvalue weighted by Crippen LogP contribution is -2.20. The number of hydrogen-bond acceptors (Lipinski definition) is 38. The molecule has 2 N–H and O–H groups in total. The van der Waals surface area contributed by atoms with E-state index in [9.17, 15) is 37.7 Å². The third-order valence-corrected chi connectivity index (χ3v) is 24.0. The number of nitrogens with two attached hydrogens (primary N) is 1. The van der Waals surface area contributed by atoms with Gasteiger partial charge in [-0.1, -0.05) is 219 Å². The van der Waals surface area contributed by atoms with E-state index in [2.05, 4.69) is 207 Å². The molecule has 0 saturated carbocycles. The number of nitrogens with zero attached hydrogens (tertiary/aromatic N) is 1. The summed E-state index contributed by atoms with van der Waals surface area (Å²) in [5.74, 6) is 11.7. The van der Waals surface area contributed by atoms with Gasteiger partial charge in [0.25, 0.3) is 5.09 Å². The third kappa shape index (κ3) is 273. The van der Waals surface area contributed by atoms with Crippen LogP contribution in [0.3, 0.4) is 0 Å². The standard InChI is InChI=1S/C10H14OS.C8H18OS2.C7H12O3.C7H16OS2.C7H16OS.C6H12O3.C6H12O2S.2C6H14OS2.C6H12O.C5H10F2O.C5H11FO.C5H12OS2.2C5H12O.C3H7NO3.C3H9NO.CH4/c1-9(2)11-8-12-10-6-4-3-5-7-10;1-7(2)9-6-10-11-8(3,4)5;1-4-5-9-7(8)10-6(2)3;1-6(2)8-5-9-10-7(3)4;1-5-9-7(4)8-6(2)3;1-4-8-6(7)9-5(2)3;1-4-9-6(7)8-5(2)3;1-5(2)7-6(3)9-8-4;1-4-8-9-5-7-6(2)3;1-4-5-7-6(2)3;1-4(2)8-5(3,6)7;1-4(2)7-5(3)6;1-5(2)6-4-8-7-3;2*1-4-6-5(2)3;1-3(2)7-4(5)6;1-3(2)5-4;/h3-7,9H,8H2,1-2H3;7H,6H2,1-5H3;4,6H,1,5H2,2-3H3;6-7H,5H2,1-4H3;6-7H,5H2,1-4H3;2*5H,4H2,1-3H3;5-6H,1-4H3;6H,4-5H2,1-3H3;4,6H,1,5H2,2-3H3;4H,1-3H3;4-5H,1-3H3;5H,4H2,1-3H3;2*5H,4H2,1-3H3;3H,1-2H3;3H,4H2,1-2H3;1H4. The van der Waals surface area contributed by atoms with E-state index >= 15 is 0 Å². The summed E-state index contributed by atoms with van der Waals surface area (Å²) in [5, 5.41) is 9.11. The summed E-state index contributed by atoms with van der Waals surface area (Å²) in [7, 11) is 17.9. The van der Waals surface area contributed by atoms with Gasteiger partial charge in [0.15, 0.2) is 6.36 Å². The van der Waals surface area contributed by atoms with Crippen LogP contribution in [-0.4, -0.2) is 252 Å². The highest BCUT2D eigenvalue weighted by molar-refractivity contribution is 8.78. The Morgan fingerprint density at radius 2 is 0.783 bits per heavy atom. The average Bonchev–Trinajstić information content (AvgIpc) is 0.967. The molecule has 874 valence electrons. The summed E-state index contributed by atoms with van der Waals surface area (Å²) < 4.78 is 120. The van der Waals surface area contributed by atoms with E-state index < -0.39 is 36.0 Å². The van der Waals surface area contributed by atoms with Gasteiger partial charge in [0, 0.05) is 46.5 Å². The van der Waals surface area contributed by atoms with E-state index in [0.29, 0.717) is 95.1 Å². The Labute approximate surface area is 928 Å². The Bertz CT molecular complexity index is 2510. The van der Waals surface area contributed by atoms with Crippen LogP contribution in [0.15, 0.2) is 60.5 Å². The quantitative estimate of drug-likeness (QED) is 0.00729. The van der Waals surface area contributed by atoms with Gasteiger partial charge in [-0.3, -0.25) is 0 Å². The Hall–Kier alpha value is -0.310. The summed E-state index contributed by atoms with van der Waals surface area (Å²) in [6.45, 7) is 104. The number of ether oxygens (including phenoxy) is 17. The fourth-order valence-corrected chi connectivity index (χ4v) is 15.9. The van der Waals surface area contributed by atoms with E-state index in [1.807, 2.05) is 186 Å². The Morgan fingerprint density at radius 1 is 0.413 bits per heavy atom. The van der Waals surface area contributed by atoms with E-state index in [1.165, 1.54) is 29.7 Å². The van der Waals surface area contributed by atoms with Crippen molar-refractivity contribution < 1.29 is 123 Å². The van der Waals surface area contributed by atoms with Crippen molar-refractivity contribution in [2.45, 2.75) is 489 Å². The molecule has 0 radical (unpaired) electrons. The predicted octanol–water partition coefficient (Wildman–Crippen LogP) is 35.6. The molecule has 0 bridgehead atoms. The fraction of sp³-hybridized carbons (Fsp3) is 0.871. The second-order valence-electron chi connectivity index (χ2n) is 33.4. The van der Waals surface area contributed by atoms with Crippen molar-refractivity contribution in [3.8, 4) is 0 Å². The van der Waals surface area contributed by atoms with Crippen LogP contribution in [0.25, 0.3) is 0 Å². The zero-order valence-electron chi connectivity index (χ0n) is 98.0. The van der Waals surface area contributed by atoms with Crippen molar-refractivity contribution >= 4 is 161 Å². The first-order chi connectivity index (χ1) is 65.4. The Kier molecular flexibility index (Phi) is 177. The van der Waals surface area contributed by atoms with E-state index in [-0.39, 0.29) is 56.0 Å². The zero-order valence-corrected chi connectivity index (χ0v) is 109. The lowest BCUT2D eigenvalue weighted by Gasteiger charge is -2.16. The highest BCUT2D eigenvalue weighted by Gasteiger charge is 2.23. The SMILES string of the molecule is C.C=CCOC(=O)OC(C)C.C=CCOC(C)C.CC(C)OC(C)(F)F.CC(C)OC(C)F.CC(C)OCSSC(C)(C)C.CC(C)OCSSC(C)C.CC(C)OCSc1ccccc1.CC(C)ON.CC(C)O[N+](=O)[O-].CCOC(=O)OC(C)C.CCOC(C)C.CCOC(C)C.CCSC(=O)OC(C)C.CCSC(C)OC(C)C.CCSSCOC(C)C.CSSC(C)OC(C)C.CSSCOC(C)C. The van der Waals surface area contributed by atoms with Crippen LogP contribution in [0.4, 0.5) is 27.6 Å². The molecule has 0 aliphatic heterocycles. The monoisotopic (exact) mass is 2320 g/mol. The Morgan fingerprint density at radius 3 is 1.03 bits per heavy atom. The molecule has 0 aliphatic rings. The number of rotatable bonds is 51. The van der Waals surface area contributed by atoms with Crippen LogP contribution in [0, 0.1) is 10.1 Å². The smallest absolute Gasteiger partial charge is 0.455 e. The van der Waals surface area contributed by atoms with Gasteiger partial charge in [-0.2, -0.15) is 8.78 Å². The molecule has 0 heterocycles. The summed E-state index contributed by atoms with van der Waals surface area (Å²) in [5.41, 5.74) is 0.676. The molecule has 26 nitrogen and oxygen atoms in total. The third-order valence-electron chi connectivity index (χ3n) is 10.5. The summed E-state index contributed by atoms with van der Waals surface area (Å²) in [4.78, 5) is 50.4. The number of carbonyl (C=O) groups is 3. The van der Waals surface area contributed by atoms with Crippen LogP contribution in [0.2, 0.25) is 0 Å². The van der Waals surface area contributed by atoms with Crippen molar-refractivity contribution in [1.29, 1.82) is 0 Å². The van der Waals surface area contributed by atoms with Gasteiger partial charge in [0.2, 0.25) is 0 Å². The zero-order chi connectivity index (χ0) is 115. The maximum atomic E-state index is 11.8. The minimum Gasteiger partial charge on any atom is -0.455 e.